The number of rotatable bonds is 4. The van der Waals surface area contributed by atoms with E-state index in [9.17, 15) is 17.6 Å². The smallest absolute Gasteiger partial charge is 0.330 e. The number of hydrogen-bond acceptors (Lipinski definition) is 3. The van der Waals surface area contributed by atoms with Gasteiger partial charge in [-0.15, -0.1) is 11.3 Å². The first-order valence-corrected chi connectivity index (χ1v) is 5.96. The molecule has 0 saturated carbocycles. The molecule has 0 aliphatic carbocycles. The van der Waals surface area contributed by atoms with Gasteiger partial charge >= 0.3 is 6.18 Å². The quantitative estimate of drug-likeness (QED) is 0.852. The molecule has 0 bridgehead atoms. The van der Waals surface area contributed by atoms with Crippen molar-refractivity contribution in [2.45, 2.75) is 26.2 Å². The lowest BCUT2D eigenvalue weighted by Crippen LogP contribution is -2.24. The van der Waals surface area contributed by atoms with Gasteiger partial charge in [0.2, 0.25) is 0 Å². The number of alkyl halides is 4. The first-order chi connectivity index (χ1) is 7.77. The van der Waals surface area contributed by atoms with Gasteiger partial charge in [0.1, 0.15) is 6.17 Å². The Morgan fingerprint density at radius 3 is 2.35 bits per heavy atom. The molecule has 17 heavy (non-hydrogen) atoms. The molecular weight excluding hydrogens is 256 g/mol. The van der Waals surface area contributed by atoms with Gasteiger partial charge in [0.15, 0.2) is 5.01 Å². The summed E-state index contributed by atoms with van der Waals surface area (Å²) in [4.78, 5) is 3.18. The molecule has 0 radical (unpaired) electrons. The minimum atomic E-state index is -4.52. The van der Waals surface area contributed by atoms with Gasteiger partial charge in [-0.3, -0.25) is 0 Å². The number of nitrogens with zero attached hydrogens (tertiary/aromatic N) is 1. The van der Waals surface area contributed by atoms with Gasteiger partial charge < -0.3 is 5.73 Å². The Morgan fingerprint density at radius 2 is 2.00 bits per heavy atom. The molecule has 0 amide bonds. The molecule has 2 unspecified atom stereocenters. The molecule has 1 rings (SSSR count). The highest BCUT2D eigenvalue weighted by molar-refractivity contribution is 7.11. The molecule has 1 aromatic rings. The van der Waals surface area contributed by atoms with Crippen molar-refractivity contribution >= 4 is 11.3 Å². The Labute approximate surface area is 101 Å². The third kappa shape index (κ3) is 3.38. The van der Waals surface area contributed by atoms with Gasteiger partial charge in [-0.05, 0) is 12.5 Å². The second kappa shape index (κ2) is 5.30. The van der Waals surface area contributed by atoms with Gasteiger partial charge in [-0.1, -0.05) is 13.8 Å². The minimum absolute atomic E-state index is 0.0125. The van der Waals surface area contributed by atoms with Crippen LogP contribution in [0.1, 0.15) is 29.9 Å². The van der Waals surface area contributed by atoms with Crippen LogP contribution in [0.4, 0.5) is 17.6 Å². The van der Waals surface area contributed by atoms with E-state index in [1.54, 1.807) is 13.8 Å². The van der Waals surface area contributed by atoms with Crippen LogP contribution in [0.3, 0.4) is 0 Å². The lowest BCUT2D eigenvalue weighted by atomic mass is 9.91. The van der Waals surface area contributed by atoms with E-state index in [0.717, 1.165) is 6.20 Å². The van der Waals surface area contributed by atoms with Crippen molar-refractivity contribution in [3.05, 3.63) is 16.1 Å². The van der Waals surface area contributed by atoms with Crippen molar-refractivity contribution < 1.29 is 17.6 Å². The van der Waals surface area contributed by atoms with Gasteiger partial charge in [0, 0.05) is 12.1 Å². The number of hydrogen-bond donors (Lipinski definition) is 1. The topological polar surface area (TPSA) is 38.9 Å². The highest BCUT2D eigenvalue weighted by Gasteiger charge is 2.36. The fourth-order valence-electron chi connectivity index (χ4n) is 1.49. The van der Waals surface area contributed by atoms with Crippen LogP contribution in [-0.2, 0) is 6.18 Å². The monoisotopic (exact) mass is 270 g/mol. The maximum absolute atomic E-state index is 14.0. The van der Waals surface area contributed by atoms with Crippen molar-refractivity contribution in [1.29, 1.82) is 0 Å². The average molecular weight is 270 g/mol. The molecule has 0 spiro atoms. The Bertz CT molecular complexity index is 361. The molecule has 98 valence electrons. The maximum atomic E-state index is 14.0. The lowest BCUT2D eigenvalue weighted by molar-refractivity contribution is -0.137. The average Bonchev–Trinajstić information content (AvgIpc) is 2.65. The van der Waals surface area contributed by atoms with Crippen molar-refractivity contribution in [3.63, 3.8) is 0 Å². The van der Waals surface area contributed by atoms with Crippen molar-refractivity contribution in [2.24, 2.45) is 17.6 Å². The number of thiazole rings is 1. The summed E-state index contributed by atoms with van der Waals surface area (Å²) in [6.45, 7) is 3.67. The maximum Gasteiger partial charge on any atom is 0.443 e. The summed E-state index contributed by atoms with van der Waals surface area (Å²) in [7, 11) is 0. The van der Waals surface area contributed by atoms with E-state index >= 15 is 0 Å². The Kier molecular flexibility index (Phi) is 4.48. The van der Waals surface area contributed by atoms with E-state index in [2.05, 4.69) is 4.98 Å². The van der Waals surface area contributed by atoms with Crippen molar-refractivity contribution in [1.82, 2.24) is 4.98 Å². The van der Waals surface area contributed by atoms with Crippen LogP contribution in [0, 0.1) is 11.8 Å². The molecule has 2 atom stereocenters. The summed E-state index contributed by atoms with van der Waals surface area (Å²) in [5, 5.41) is -1.02. The fourth-order valence-corrected chi connectivity index (χ4v) is 2.32. The summed E-state index contributed by atoms with van der Waals surface area (Å²) in [6, 6.07) is 0. The predicted molar refractivity (Wildman–Crippen MR) is 58.3 cm³/mol. The van der Waals surface area contributed by atoms with E-state index < -0.39 is 23.3 Å². The van der Waals surface area contributed by atoms with Crippen LogP contribution < -0.4 is 5.73 Å². The first-order valence-electron chi connectivity index (χ1n) is 5.14. The van der Waals surface area contributed by atoms with Gasteiger partial charge in [0.05, 0.1) is 4.88 Å². The summed E-state index contributed by atoms with van der Waals surface area (Å²) >= 11 is 0.342. The minimum Gasteiger partial charge on any atom is -0.330 e. The molecule has 7 heteroatoms. The fraction of sp³-hybridized carbons (Fsp3) is 0.700. The largest absolute Gasteiger partial charge is 0.443 e. The van der Waals surface area contributed by atoms with Crippen LogP contribution >= 0.6 is 11.3 Å². The second-order valence-electron chi connectivity index (χ2n) is 4.11. The summed E-state index contributed by atoms with van der Waals surface area (Å²) in [6.07, 6.45) is -5.06. The normalized spacial score (nSPS) is 16.2. The third-order valence-corrected chi connectivity index (χ3v) is 3.64. The third-order valence-electron chi connectivity index (χ3n) is 2.54. The number of nitrogens with two attached hydrogens (primary N) is 1. The molecule has 2 nitrogen and oxygen atoms in total. The number of halogens is 4. The molecular formula is C10H14F4N2S. The van der Waals surface area contributed by atoms with Gasteiger partial charge in [-0.25, -0.2) is 9.37 Å². The highest BCUT2D eigenvalue weighted by Crippen LogP contribution is 2.38. The zero-order chi connectivity index (χ0) is 13.2. The molecule has 1 aromatic heterocycles. The molecule has 1 heterocycles. The lowest BCUT2D eigenvalue weighted by Gasteiger charge is -2.21. The Balaban J connectivity index is 2.90. The van der Waals surface area contributed by atoms with E-state index in [1.165, 1.54) is 0 Å². The van der Waals surface area contributed by atoms with E-state index in [1.807, 2.05) is 0 Å². The molecule has 0 aliphatic rings. The first kappa shape index (κ1) is 14.4. The van der Waals surface area contributed by atoms with E-state index in [0.29, 0.717) is 11.3 Å². The van der Waals surface area contributed by atoms with Crippen LogP contribution in [0.2, 0.25) is 0 Å². The molecule has 2 N–H and O–H groups in total. The van der Waals surface area contributed by atoms with E-state index in [-0.39, 0.29) is 17.3 Å². The van der Waals surface area contributed by atoms with Crippen molar-refractivity contribution in [3.8, 4) is 0 Å². The second-order valence-corrected chi connectivity index (χ2v) is 5.17. The number of aromatic nitrogens is 1. The molecule has 0 aromatic carbocycles. The SMILES string of the molecule is CC(C)C(CN)C(F)c1cnc(C(F)(F)F)s1. The Morgan fingerprint density at radius 1 is 1.41 bits per heavy atom. The van der Waals surface area contributed by atoms with Crippen LogP contribution in [-0.4, -0.2) is 11.5 Å². The standard InChI is InChI=1S/C10H14F4N2S/c1-5(2)6(3-15)8(11)7-4-16-9(17-7)10(12,13)14/h4-6,8H,3,15H2,1-2H3. The summed E-state index contributed by atoms with van der Waals surface area (Å²) < 4.78 is 50.9. The summed E-state index contributed by atoms with van der Waals surface area (Å²) in [5.41, 5.74) is 5.43. The Hall–Kier alpha value is -0.690. The predicted octanol–water partition coefficient (Wildman–Crippen LogP) is 3.40. The molecule has 0 saturated heterocycles. The van der Waals surface area contributed by atoms with Crippen LogP contribution in [0.5, 0.6) is 0 Å². The highest BCUT2D eigenvalue weighted by atomic mass is 32.1. The van der Waals surface area contributed by atoms with Gasteiger partial charge in [-0.2, -0.15) is 13.2 Å². The van der Waals surface area contributed by atoms with Gasteiger partial charge in [0.25, 0.3) is 0 Å². The van der Waals surface area contributed by atoms with E-state index in [4.69, 9.17) is 5.73 Å². The summed E-state index contributed by atoms with van der Waals surface area (Å²) in [5.74, 6) is -0.525. The van der Waals surface area contributed by atoms with Crippen LogP contribution in [0.25, 0.3) is 0 Å². The van der Waals surface area contributed by atoms with Crippen molar-refractivity contribution in [2.75, 3.05) is 6.54 Å². The molecule has 0 aliphatic heterocycles. The zero-order valence-electron chi connectivity index (χ0n) is 9.46. The van der Waals surface area contributed by atoms with Crippen LogP contribution in [0.15, 0.2) is 6.20 Å². The zero-order valence-corrected chi connectivity index (χ0v) is 10.3. The molecule has 0 fully saturated rings.